The van der Waals surface area contributed by atoms with Crippen molar-refractivity contribution in [3.63, 3.8) is 0 Å². The van der Waals surface area contributed by atoms with Gasteiger partial charge in [0.1, 0.15) is 33.7 Å². The highest BCUT2D eigenvalue weighted by atomic mass is 32.2. The molecule has 1 aromatic rings. The first-order valence-corrected chi connectivity index (χ1v) is 16.0. The van der Waals surface area contributed by atoms with Crippen LogP contribution in [0.1, 0.15) is 65.0 Å². The molecule has 1 fully saturated rings. The van der Waals surface area contributed by atoms with Gasteiger partial charge in [-0.1, -0.05) is 36.0 Å². The Labute approximate surface area is 264 Å². The molecule has 3 aliphatic heterocycles. The average Bonchev–Trinajstić information content (AvgIpc) is 3.21. The van der Waals surface area contributed by atoms with Gasteiger partial charge in [0.25, 0.3) is 5.91 Å². The predicted octanol–water partition coefficient (Wildman–Crippen LogP) is 3.70. The lowest BCUT2D eigenvalue weighted by Crippen LogP contribution is -2.70. The number of hydrogen-bond donors (Lipinski definition) is 3. The fraction of sp³-hybridized carbons (Fsp3) is 0.571. The Hall–Kier alpha value is -3.50. The van der Waals surface area contributed by atoms with Crippen LogP contribution >= 0.6 is 23.5 Å². The van der Waals surface area contributed by atoms with Gasteiger partial charge in [-0.2, -0.15) is 0 Å². The number of alkyl carbamates (subject to hydrolysis) is 1. The number of carbonyl (C=O) groups excluding carboxylic acids is 4. The Morgan fingerprint density at radius 2 is 1.82 bits per heavy atom. The van der Waals surface area contributed by atoms with Crippen molar-refractivity contribution in [2.75, 3.05) is 12.8 Å². The van der Waals surface area contributed by atoms with Crippen molar-refractivity contribution in [1.82, 2.24) is 25.7 Å². The van der Waals surface area contributed by atoms with Crippen LogP contribution in [-0.4, -0.2) is 85.1 Å². The van der Waals surface area contributed by atoms with Crippen molar-refractivity contribution in [3.8, 4) is 0 Å². The molecule has 240 valence electrons. The summed E-state index contributed by atoms with van der Waals surface area (Å²) in [6.07, 6.45) is -0.697. The number of hydroxylamine groups is 1. The molecule has 0 radical (unpaired) electrons. The number of fused-ring (bicyclic) bond motifs is 1. The molecule has 3 amide bonds. The summed E-state index contributed by atoms with van der Waals surface area (Å²) in [6.45, 7) is 12.3. The summed E-state index contributed by atoms with van der Waals surface area (Å²) in [5.41, 5.74) is 0.0832. The van der Waals surface area contributed by atoms with Crippen LogP contribution in [0.15, 0.2) is 46.0 Å². The molecule has 0 saturated carbocycles. The topological polar surface area (TPSA) is 165 Å². The normalized spacial score (nSPS) is 22.3. The molecular weight excluding hydrogens is 610 g/mol. The lowest BCUT2D eigenvalue weighted by atomic mass is 10.0. The highest BCUT2D eigenvalue weighted by Gasteiger charge is 2.54. The SMILES string of the molecule is CC1=C(C(=O)OC(C)(C)C)N2C(=O)C(NC(=O)Cc3cccc(C(NC(=O)OC(C)(C)C)SC4N(C)N=NN4O)c3)C2SC1. The number of thioether (sulfide) groups is 2. The number of ether oxygens (including phenoxy) is 2. The third-order valence-corrected chi connectivity index (χ3v) is 9.21. The van der Waals surface area contributed by atoms with E-state index in [4.69, 9.17) is 9.47 Å². The van der Waals surface area contributed by atoms with Crippen molar-refractivity contribution in [2.24, 2.45) is 10.4 Å². The summed E-state index contributed by atoms with van der Waals surface area (Å²) in [5, 5.41) is 24.2. The number of esters is 1. The minimum Gasteiger partial charge on any atom is -0.455 e. The van der Waals surface area contributed by atoms with Crippen LogP contribution < -0.4 is 10.6 Å². The smallest absolute Gasteiger partial charge is 0.408 e. The van der Waals surface area contributed by atoms with E-state index < -0.39 is 45.6 Å². The predicted molar refractivity (Wildman–Crippen MR) is 163 cm³/mol. The van der Waals surface area contributed by atoms with Crippen molar-refractivity contribution in [3.05, 3.63) is 46.7 Å². The van der Waals surface area contributed by atoms with Gasteiger partial charge in [-0.3, -0.25) is 19.7 Å². The Bertz CT molecular complexity index is 1360. The molecule has 44 heavy (non-hydrogen) atoms. The standard InChI is InChI=1S/C28H39N7O7S2/c1-15-14-43-23-19(22(37)34(23)20(15)24(38)41-27(2,3)4)29-18(36)13-16-10-9-11-17(12-16)21(30-25(39)42-28(5,6)7)44-26-33(8)31-32-35(26)40/h9-12,19,21,23,26,40H,13-14H2,1-8H3,(H,29,36)(H,30,39). The van der Waals surface area contributed by atoms with Crippen LogP contribution in [0, 0.1) is 0 Å². The summed E-state index contributed by atoms with van der Waals surface area (Å²) in [6, 6.07) is 6.27. The Kier molecular flexibility index (Phi) is 9.75. The molecule has 4 rings (SSSR count). The molecule has 16 heteroatoms. The minimum atomic E-state index is -0.778. The molecule has 0 bridgehead atoms. The van der Waals surface area contributed by atoms with Crippen molar-refractivity contribution in [1.29, 1.82) is 0 Å². The number of nitrogens with one attached hydrogen (secondary N) is 2. The maximum absolute atomic E-state index is 13.1. The van der Waals surface area contributed by atoms with Gasteiger partial charge in [0.15, 0.2) is 0 Å². The molecule has 0 aliphatic carbocycles. The van der Waals surface area contributed by atoms with E-state index in [1.165, 1.54) is 21.7 Å². The molecule has 3 N–H and O–H groups in total. The van der Waals surface area contributed by atoms with Crippen molar-refractivity contribution < 1.29 is 33.9 Å². The second kappa shape index (κ2) is 12.9. The largest absolute Gasteiger partial charge is 0.455 e. The highest BCUT2D eigenvalue weighted by Crippen LogP contribution is 2.41. The third kappa shape index (κ3) is 7.95. The summed E-state index contributed by atoms with van der Waals surface area (Å²) in [7, 11) is 1.63. The Morgan fingerprint density at radius 1 is 1.14 bits per heavy atom. The van der Waals surface area contributed by atoms with E-state index in [0.717, 1.165) is 17.3 Å². The number of hydrogen-bond acceptors (Lipinski definition) is 13. The van der Waals surface area contributed by atoms with Crippen LogP contribution in [0.3, 0.4) is 0 Å². The van der Waals surface area contributed by atoms with Gasteiger partial charge in [-0.25, -0.2) is 14.6 Å². The van der Waals surface area contributed by atoms with E-state index in [2.05, 4.69) is 21.1 Å². The second-order valence-electron chi connectivity index (χ2n) is 12.6. The molecular formula is C28H39N7O7S2. The van der Waals surface area contributed by atoms with Gasteiger partial charge in [-0.15, -0.1) is 16.9 Å². The Balaban J connectivity index is 1.44. The number of rotatable bonds is 8. The lowest BCUT2D eigenvalue weighted by molar-refractivity contribution is -0.159. The maximum Gasteiger partial charge on any atom is 0.408 e. The van der Waals surface area contributed by atoms with Crippen LogP contribution in [0.5, 0.6) is 0 Å². The summed E-state index contributed by atoms with van der Waals surface area (Å²) in [5.74, 6) is -0.765. The van der Waals surface area contributed by atoms with Gasteiger partial charge in [-0.05, 0) is 75.6 Å². The van der Waals surface area contributed by atoms with E-state index >= 15 is 0 Å². The molecule has 1 aromatic carbocycles. The quantitative estimate of drug-likeness (QED) is 0.214. The zero-order valence-corrected chi connectivity index (χ0v) is 27.6. The molecule has 0 aromatic heterocycles. The van der Waals surface area contributed by atoms with E-state index in [1.807, 2.05) is 0 Å². The minimum absolute atomic E-state index is 0.0350. The van der Waals surface area contributed by atoms with Gasteiger partial charge < -0.3 is 20.1 Å². The van der Waals surface area contributed by atoms with E-state index in [-0.39, 0.29) is 23.9 Å². The zero-order chi connectivity index (χ0) is 32.6. The van der Waals surface area contributed by atoms with Gasteiger partial charge >= 0.3 is 12.1 Å². The highest BCUT2D eigenvalue weighted by molar-refractivity contribution is 8.00. The van der Waals surface area contributed by atoms with Crippen molar-refractivity contribution >= 4 is 47.4 Å². The van der Waals surface area contributed by atoms with Gasteiger partial charge in [0.2, 0.25) is 11.4 Å². The van der Waals surface area contributed by atoms with Gasteiger partial charge in [0, 0.05) is 12.8 Å². The Morgan fingerprint density at radius 3 is 2.43 bits per heavy atom. The molecule has 0 spiro atoms. The first kappa shape index (κ1) is 33.4. The number of carbonyl (C=O) groups is 4. The van der Waals surface area contributed by atoms with Crippen LogP contribution in [0.4, 0.5) is 4.79 Å². The van der Waals surface area contributed by atoms with Crippen LogP contribution in [-0.2, 0) is 30.3 Å². The molecule has 1 saturated heterocycles. The first-order valence-electron chi connectivity index (χ1n) is 14.0. The van der Waals surface area contributed by atoms with E-state index in [1.54, 1.807) is 79.8 Å². The number of benzene rings is 1. The van der Waals surface area contributed by atoms with E-state index in [0.29, 0.717) is 22.1 Å². The number of amides is 3. The fourth-order valence-corrected chi connectivity index (χ4v) is 6.95. The fourth-order valence-electron chi connectivity index (χ4n) is 4.58. The maximum atomic E-state index is 13.1. The lowest BCUT2D eigenvalue weighted by Gasteiger charge is -2.49. The van der Waals surface area contributed by atoms with Crippen LogP contribution in [0.2, 0.25) is 0 Å². The molecule has 4 unspecified atom stereocenters. The summed E-state index contributed by atoms with van der Waals surface area (Å²) < 4.78 is 11.0. The zero-order valence-electron chi connectivity index (χ0n) is 26.0. The van der Waals surface area contributed by atoms with Gasteiger partial charge in [0.05, 0.1) is 6.42 Å². The first-order chi connectivity index (χ1) is 20.4. The van der Waals surface area contributed by atoms with Crippen molar-refractivity contribution in [2.45, 2.75) is 88.4 Å². The summed E-state index contributed by atoms with van der Waals surface area (Å²) in [4.78, 5) is 53.2. The summed E-state index contributed by atoms with van der Waals surface area (Å²) >= 11 is 2.63. The average molecular weight is 650 g/mol. The number of nitrogens with zero attached hydrogens (tertiary/aromatic N) is 5. The molecule has 4 atom stereocenters. The monoisotopic (exact) mass is 649 g/mol. The second-order valence-corrected chi connectivity index (χ2v) is 14.8. The molecule has 3 heterocycles. The van der Waals surface area contributed by atoms with E-state index in [9.17, 15) is 24.4 Å². The molecule has 14 nitrogen and oxygen atoms in total. The number of β-lactam (4-membered cyclic amide) rings is 1. The molecule has 3 aliphatic rings. The third-order valence-electron chi connectivity index (χ3n) is 6.38. The van der Waals surface area contributed by atoms with Crippen LogP contribution in [0.25, 0.3) is 0 Å².